The molecular weight excluding hydrogens is 221 g/mol. The second-order valence-electron chi connectivity index (χ2n) is 3.87. The van der Waals surface area contributed by atoms with Crippen LogP contribution in [-0.2, 0) is 4.79 Å². The standard InChI is InChI=1S/C10H19F3N2O/c1-3-5-6-9(4-2,8(14)16)15-7-10(11,12)13/h15H,3-7H2,1-2H3,(H2,14,16). The number of rotatable bonds is 7. The lowest BCUT2D eigenvalue weighted by Crippen LogP contribution is -2.57. The number of carbonyl (C=O) groups is 1. The summed E-state index contributed by atoms with van der Waals surface area (Å²) >= 11 is 0. The van der Waals surface area contributed by atoms with Crippen LogP contribution in [0.4, 0.5) is 13.2 Å². The first-order valence-electron chi connectivity index (χ1n) is 5.39. The summed E-state index contributed by atoms with van der Waals surface area (Å²) in [7, 11) is 0. The quantitative estimate of drug-likeness (QED) is 0.714. The van der Waals surface area contributed by atoms with E-state index in [0.29, 0.717) is 12.8 Å². The van der Waals surface area contributed by atoms with Gasteiger partial charge in [-0.25, -0.2) is 0 Å². The lowest BCUT2D eigenvalue weighted by atomic mass is 9.89. The van der Waals surface area contributed by atoms with Crippen LogP contribution in [0.15, 0.2) is 0 Å². The van der Waals surface area contributed by atoms with Gasteiger partial charge >= 0.3 is 6.18 Å². The fourth-order valence-electron chi connectivity index (χ4n) is 1.52. The molecule has 0 heterocycles. The minimum atomic E-state index is -4.33. The number of unbranched alkanes of at least 4 members (excludes halogenated alkanes) is 1. The van der Waals surface area contributed by atoms with Gasteiger partial charge in [-0.1, -0.05) is 26.7 Å². The summed E-state index contributed by atoms with van der Waals surface area (Å²) in [6, 6.07) is 0. The van der Waals surface area contributed by atoms with E-state index in [1.54, 1.807) is 6.92 Å². The fourth-order valence-corrected chi connectivity index (χ4v) is 1.52. The van der Waals surface area contributed by atoms with E-state index in [1.807, 2.05) is 6.92 Å². The maximum Gasteiger partial charge on any atom is 0.401 e. The summed E-state index contributed by atoms with van der Waals surface area (Å²) in [6.45, 7) is 2.38. The fraction of sp³-hybridized carbons (Fsp3) is 0.900. The number of nitrogens with two attached hydrogens (primary N) is 1. The van der Waals surface area contributed by atoms with Crippen LogP contribution in [0.25, 0.3) is 0 Å². The van der Waals surface area contributed by atoms with Crippen LogP contribution < -0.4 is 11.1 Å². The predicted octanol–water partition coefficient (Wildman–Crippen LogP) is 1.96. The zero-order valence-electron chi connectivity index (χ0n) is 9.66. The van der Waals surface area contributed by atoms with Crippen molar-refractivity contribution < 1.29 is 18.0 Å². The van der Waals surface area contributed by atoms with Crippen LogP contribution in [0, 0.1) is 0 Å². The topological polar surface area (TPSA) is 55.1 Å². The number of hydrogen-bond donors (Lipinski definition) is 2. The van der Waals surface area contributed by atoms with E-state index in [9.17, 15) is 18.0 Å². The van der Waals surface area contributed by atoms with Crippen molar-refractivity contribution in [2.45, 2.75) is 51.2 Å². The molecule has 96 valence electrons. The maximum atomic E-state index is 12.1. The normalized spacial score (nSPS) is 15.8. The molecule has 0 aliphatic heterocycles. The first-order chi connectivity index (χ1) is 7.27. The Morgan fingerprint density at radius 3 is 2.19 bits per heavy atom. The van der Waals surface area contributed by atoms with Crippen LogP contribution in [-0.4, -0.2) is 24.2 Å². The monoisotopic (exact) mass is 240 g/mol. The molecule has 0 rings (SSSR count). The SMILES string of the molecule is CCCCC(CC)(NCC(F)(F)F)C(N)=O. The number of primary amides is 1. The van der Waals surface area contributed by atoms with Gasteiger partial charge in [0.25, 0.3) is 0 Å². The molecular formula is C10H19F3N2O. The Kier molecular flexibility index (Phi) is 5.78. The summed E-state index contributed by atoms with van der Waals surface area (Å²) in [6.07, 6.45) is -2.25. The van der Waals surface area contributed by atoms with Gasteiger partial charge in [0.05, 0.1) is 12.1 Å². The lowest BCUT2D eigenvalue weighted by Gasteiger charge is -2.31. The third kappa shape index (κ3) is 4.83. The highest BCUT2D eigenvalue weighted by atomic mass is 19.4. The van der Waals surface area contributed by atoms with Crippen LogP contribution in [0.5, 0.6) is 0 Å². The molecule has 1 atom stereocenters. The van der Waals surface area contributed by atoms with Gasteiger partial charge in [0.1, 0.15) is 0 Å². The molecule has 0 fully saturated rings. The Bertz CT molecular complexity index is 231. The number of alkyl halides is 3. The van der Waals surface area contributed by atoms with Gasteiger partial charge in [0.2, 0.25) is 5.91 Å². The molecule has 3 nitrogen and oxygen atoms in total. The molecule has 0 aliphatic rings. The van der Waals surface area contributed by atoms with Crippen LogP contribution in [0.3, 0.4) is 0 Å². The minimum Gasteiger partial charge on any atom is -0.368 e. The number of amides is 1. The number of hydrogen-bond acceptors (Lipinski definition) is 2. The Morgan fingerprint density at radius 1 is 1.31 bits per heavy atom. The highest BCUT2D eigenvalue weighted by Gasteiger charge is 2.38. The first-order valence-corrected chi connectivity index (χ1v) is 5.39. The Hall–Kier alpha value is -0.780. The van der Waals surface area contributed by atoms with Gasteiger partial charge < -0.3 is 5.73 Å². The third-order valence-electron chi connectivity index (χ3n) is 2.66. The van der Waals surface area contributed by atoms with Crippen molar-refractivity contribution in [2.24, 2.45) is 5.73 Å². The van der Waals surface area contributed by atoms with E-state index >= 15 is 0 Å². The van der Waals surface area contributed by atoms with Crippen LogP contribution in [0.1, 0.15) is 39.5 Å². The molecule has 0 aromatic rings. The second kappa shape index (κ2) is 6.08. The Labute approximate surface area is 93.6 Å². The van der Waals surface area contributed by atoms with E-state index in [-0.39, 0.29) is 6.42 Å². The van der Waals surface area contributed by atoms with E-state index in [0.717, 1.165) is 6.42 Å². The molecule has 0 bridgehead atoms. The number of nitrogens with one attached hydrogen (secondary N) is 1. The van der Waals surface area contributed by atoms with Gasteiger partial charge in [-0.15, -0.1) is 0 Å². The molecule has 6 heteroatoms. The maximum absolute atomic E-state index is 12.1. The lowest BCUT2D eigenvalue weighted by molar-refractivity contribution is -0.136. The molecule has 3 N–H and O–H groups in total. The smallest absolute Gasteiger partial charge is 0.368 e. The Morgan fingerprint density at radius 2 is 1.88 bits per heavy atom. The van der Waals surface area contributed by atoms with E-state index in [1.165, 1.54) is 0 Å². The van der Waals surface area contributed by atoms with Gasteiger partial charge in [-0.3, -0.25) is 10.1 Å². The summed E-state index contributed by atoms with van der Waals surface area (Å²) in [4.78, 5) is 11.3. The molecule has 1 unspecified atom stereocenters. The largest absolute Gasteiger partial charge is 0.401 e. The predicted molar refractivity (Wildman–Crippen MR) is 55.8 cm³/mol. The van der Waals surface area contributed by atoms with Gasteiger partial charge in [0.15, 0.2) is 0 Å². The molecule has 0 aliphatic carbocycles. The van der Waals surface area contributed by atoms with Crippen molar-refractivity contribution in [3.05, 3.63) is 0 Å². The summed E-state index contributed by atoms with van der Waals surface area (Å²) in [5.41, 5.74) is 3.95. The average Bonchev–Trinajstić information content (AvgIpc) is 2.17. The molecule has 0 radical (unpaired) electrons. The third-order valence-corrected chi connectivity index (χ3v) is 2.66. The van der Waals surface area contributed by atoms with Gasteiger partial charge in [0, 0.05) is 0 Å². The van der Waals surface area contributed by atoms with Gasteiger partial charge in [-0.05, 0) is 12.8 Å². The minimum absolute atomic E-state index is 0.262. The second-order valence-corrected chi connectivity index (χ2v) is 3.87. The van der Waals surface area contributed by atoms with Crippen molar-refractivity contribution in [1.29, 1.82) is 0 Å². The zero-order chi connectivity index (χ0) is 12.8. The average molecular weight is 240 g/mol. The van der Waals surface area contributed by atoms with Gasteiger partial charge in [-0.2, -0.15) is 13.2 Å². The highest BCUT2D eigenvalue weighted by Crippen LogP contribution is 2.21. The molecule has 0 saturated carbocycles. The number of carbonyl (C=O) groups excluding carboxylic acids is 1. The molecule has 0 aromatic carbocycles. The molecule has 0 saturated heterocycles. The molecule has 1 amide bonds. The summed E-state index contributed by atoms with van der Waals surface area (Å²) in [5.74, 6) is -0.715. The van der Waals surface area contributed by atoms with Crippen molar-refractivity contribution in [1.82, 2.24) is 5.32 Å². The van der Waals surface area contributed by atoms with E-state index < -0.39 is 24.2 Å². The van der Waals surface area contributed by atoms with Crippen molar-refractivity contribution in [2.75, 3.05) is 6.54 Å². The van der Waals surface area contributed by atoms with Crippen molar-refractivity contribution in [3.8, 4) is 0 Å². The highest BCUT2D eigenvalue weighted by molar-refractivity contribution is 5.84. The van der Waals surface area contributed by atoms with Crippen molar-refractivity contribution in [3.63, 3.8) is 0 Å². The Balaban J connectivity index is 4.57. The molecule has 16 heavy (non-hydrogen) atoms. The van der Waals surface area contributed by atoms with Crippen LogP contribution in [0.2, 0.25) is 0 Å². The van der Waals surface area contributed by atoms with Crippen molar-refractivity contribution >= 4 is 5.91 Å². The molecule has 0 aromatic heterocycles. The van der Waals surface area contributed by atoms with Crippen LogP contribution >= 0.6 is 0 Å². The van der Waals surface area contributed by atoms with E-state index in [2.05, 4.69) is 5.32 Å². The zero-order valence-corrected chi connectivity index (χ0v) is 9.66. The first kappa shape index (κ1) is 15.2. The summed E-state index contributed by atoms with van der Waals surface area (Å²) in [5, 5.41) is 2.26. The molecule has 0 spiro atoms. The number of halogens is 3. The van der Waals surface area contributed by atoms with E-state index in [4.69, 9.17) is 5.73 Å². The summed E-state index contributed by atoms with van der Waals surface area (Å²) < 4.78 is 36.3.